The summed E-state index contributed by atoms with van der Waals surface area (Å²) in [5.41, 5.74) is 0.724. The van der Waals surface area contributed by atoms with E-state index in [2.05, 4.69) is 29.4 Å². The third kappa shape index (κ3) is 6.25. The molecule has 10 heteroatoms. The van der Waals surface area contributed by atoms with E-state index in [1.165, 1.54) is 17.7 Å². The summed E-state index contributed by atoms with van der Waals surface area (Å²) in [6.07, 6.45) is 4.92. The fourth-order valence-corrected chi connectivity index (χ4v) is 8.33. The van der Waals surface area contributed by atoms with Gasteiger partial charge in [-0.05, 0) is 82.6 Å². The van der Waals surface area contributed by atoms with Crippen LogP contribution in [0.15, 0.2) is 10.6 Å². The predicted octanol–water partition coefficient (Wildman–Crippen LogP) is 1.71. The van der Waals surface area contributed by atoms with Crippen molar-refractivity contribution >= 4 is 23.6 Å². The Morgan fingerprint density at radius 1 is 1.11 bits per heavy atom. The molecule has 9 nitrogen and oxygen atoms in total. The van der Waals surface area contributed by atoms with Crippen LogP contribution in [0.2, 0.25) is 0 Å². The van der Waals surface area contributed by atoms with Crippen LogP contribution in [-0.4, -0.2) is 107 Å². The molecule has 0 aromatic rings. The van der Waals surface area contributed by atoms with E-state index in [0.717, 1.165) is 70.0 Å². The molecule has 0 aromatic heterocycles. The quantitative estimate of drug-likeness (QED) is 0.300. The van der Waals surface area contributed by atoms with E-state index < -0.39 is 18.0 Å². The Balaban J connectivity index is 0.000000317. The van der Waals surface area contributed by atoms with Crippen molar-refractivity contribution in [2.75, 3.05) is 52.4 Å². The van der Waals surface area contributed by atoms with E-state index in [1.54, 1.807) is 18.7 Å². The van der Waals surface area contributed by atoms with Crippen LogP contribution < -0.4 is 10.6 Å². The number of carboxylic acid groups (broad SMARTS) is 1. The van der Waals surface area contributed by atoms with Gasteiger partial charge in [-0.2, -0.15) is 0 Å². The van der Waals surface area contributed by atoms with Crippen molar-refractivity contribution in [2.45, 2.75) is 77.2 Å². The molecule has 0 spiro atoms. The van der Waals surface area contributed by atoms with Crippen molar-refractivity contribution in [1.29, 1.82) is 0 Å². The lowest BCUT2D eigenvalue weighted by Crippen LogP contribution is -2.63. The molecule has 5 heterocycles. The maximum Gasteiger partial charge on any atom is 0.353 e. The number of hydrogen-bond donors (Lipinski definition) is 5. The fourth-order valence-electron chi connectivity index (χ4n) is 6.81. The molecule has 0 aromatic carbocycles. The molecule has 216 valence electrons. The molecule has 5 rings (SSSR count). The number of aliphatic carboxylic acids is 1. The van der Waals surface area contributed by atoms with Gasteiger partial charge in [0, 0.05) is 35.8 Å². The molecule has 0 saturated carbocycles. The normalized spacial score (nSPS) is 33.3. The summed E-state index contributed by atoms with van der Waals surface area (Å²) in [4.78, 5) is 29.2. The monoisotopic (exact) mass is 552 g/mol. The van der Waals surface area contributed by atoms with Gasteiger partial charge in [-0.25, -0.2) is 4.79 Å². The van der Waals surface area contributed by atoms with Crippen LogP contribution in [0.1, 0.15) is 59.8 Å². The highest BCUT2D eigenvalue weighted by molar-refractivity contribution is 8.03. The zero-order chi connectivity index (χ0) is 27.7. The van der Waals surface area contributed by atoms with Crippen molar-refractivity contribution < 1.29 is 24.9 Å². The largest absolute Gasteiger partial charge is 0.477 e. The van der Waals surface area contributed by atoms with Gasteiger partial charge in [0.2, 0.25) is 5.91 Å². The minimum Gasteiger partial charge on any atom is -0.477 e. The van der Waals surface area contributed by atoms with Crippen LogP contribution in [0.5, 0.6) is 0 Å². The Morgan fingerprint density at radius 3 is 2.18 bits per heavy atom. The first-order valence-electron chi connectivity index (χ1n) is 14.4. The molecule has 1 amide bonds. The number of hydrogen-bond acceptors (Lipinski definition) is 8. The average molecular weight is 553 g/mol. The maximum atomic E-state index is 12.5. The number of piperidine rings is 2. The number of rotatable bonds is 7. The number of aliphatic hydroxyl groups excluding tert-OH is 2. The maximum absolute atomic E-state index is 12.5. The molecule has 0 unspecified atom stereocenters. The highest BCUT2D eigenvalue weighted by Gasteiger charge is 2.60. The molecule has 4 saturated heterocycles. The molecule has 5 aliphatic rings. The van der Waals surface area contributed by atoms with Crippen LogP contribution in [0.3, 0.4) is 0 Å². The van der Waals surface area contributed by atoms with E-state index in [9.17, 15) is 19.8 Å². The summed E-state index contributed by atoms with van der Waals surface area (Å²) in [7, 11) is 0. The Morgan fingerprint density at radius 2 is 1.68 bits per heavy atom. The number of nitrogens with zero attached hydrogens (tertiary/aromatic N) is 2. The molecular formula is C28H48N4O5S. The Bertz CT molecular complexity index is 900. The second kappa shape index (κ2) is 12.1. The lowest BCUT2D eigenvalue weighted by Gasteiger charge is -2.46. The zero-order valence-corrected chi connectivity index (χ0v) is 24.4. The van der Waals surface area contributed by atoms with E-state index in [4.69, 9.17) is 5.11 Å². The third-order valence-corrected chi connectivity index (χ3v) is 11.0. The summed E-state index contributed by atoms with van der Waals surface area (Å²) in [5, 5.41) is 35.8. The van der Waals surface area contributed by atoms with Crippen LogP contribution >= 0.6 is 11.8 Å². The van der Waals surface area contributed by atoms with Gasteiger partial charge in [-0.1, -0.05) is 20.8 Å². The second-order valence-electron chi connectivity index (χ2n) is 12.8. The number of likely N-dealkylation sites (tertiary alicyclic amines) is 1. The smallest absolute Gasteiger partial charge is 0.353 e. The number of carbonyl (C=O) groups excluding carboxylic acids is 1. The van der Waals surface area contributed by atoms with E-state index in [0.29, 0.717) is 17.3 Å². The standard InChI is InChI=1S/C21H33N3O4S.C7H15NO/c1-12-16-15(13(2)25)19(26)24(16)17(20(27)28)18(12)29-14-4-9-23(10-14)11-21(3)5-7-22-8-6-21;1-7(6-9)2-4-8-5-3-7/h12-16,22,25H,4-11H2,1-3H3,(H,27,28);8-9H,2-6H2,1H3/t12-,13-,14-,15-,16-;/m1./s1. The minimum absolute atomic E-state index is 0.0422. The van der Waals surface area contributed by atoms with Crippen molar-refractivity contribution in [3.63, 3.8) is 0 Å². The number of aliphatic hydroxyl groups is 2. The number of carbonyl (C=O) groups is 2. The highest BCUT2D eigenvalue weighted by atomic mass is 32.2. The molecule has 0 radical (unpaired) electrons. The number of β-lactam (4-membered cyclic amide) rings is 1. The van der Waals surface area contributed by atoms with Crippen molar-refractivity contribution in [1.82, 2.24) is 20.4 Å². The van der Waals surface area contributed by atoms with Gasteiger partial charge in [-0.15, -0.1) is 11.8 Å². The molecule has 5 aliphatic heterocycles. The van der Waals surface area contributed by atoms with E-state index >= 15 is 0 Å². The summed E-state index contributed by atoms with van der Waals surface area (Å²) in [5.74, 6) is -1.81. The first kappa shape index (κ1) is 29.8. The summed E-state index contributed by atoms with van der Waals surface area (Å²) in [6.45, 7) is 15.9. The molecule has 5 N–H and O–H groups in total. The van der Waals surface area contributed by atoms with Crippen LogP contribution in [0, 0.1) is 22.7 Å². The van der Waals surface area contributed by atoms with Gasteiger partial charge in [-0.3, -0.25) is 4.79 Å². The van der Waals surface area contributed by atoms with Gasteiger partial charge in [0.25, 0.3) is 0 Å². The number of nitrogens with one attached hydrogen (secondary N) is 2. The zero-order valence-electron chi connectivity index (χ0n) is 23.5. The number of amides is 1. The summed E-state index contributed by atoms with van der Waals surface area (Å²) >= 11 is 1.66. The molecular weight excluding hydrogens is 504 g/mol. The Kier molecular flexibility index (Phi) is 9.52. The molecule has 0 bridgehead atoms. The Labute approximate surface area is 231 Å². The first-order chi connectivity index (χ1) is 18.0. The SMILES string of the molecule is CC1(CO)CCNCC1.C[C@@H](O)[C@H]1C(=O)N2C(C(=O)O)=C(S[C@@H]3CCN(CC4(C)CCNCC4)C3)[C@H](C)[C@H]12. The predicted molar refractivity (Wildman–Crippen MR) is 150 cm³/mol. The first-order valence-corrected chi connectivity index (χ1v) is 15.3. The number of fused-ring (bicyclic) bond motifs is 1. The summed E-state index contributed by atoms with van der Waals surface area (Å²) in [6, 6.07) is -0.220. The van der Waals surface area contributed by atoms with Gasteiger partial charge in [0.15, 0.2) is 0 Å². The van der Waals surface area contributed by atoms with Gasteiger partial charge in [0.05, 0.1) is 18.1 Å². The molecule has 38 heavy (non-hydrogen) atoms. The molecule has 5 atom stereocenters. The summed E-state index contributed by atoms with van der Waals surface area (Å²) < 4.78 is 0. The van der Waals surface area contributed by atoms with Crippen LogP contribution in [0.4, 0.5) is 0 Å². The van der Waals surface area contributed by atoms with Crippen molar-refractivity contribution in [2.24, 2.45) is 22.7 Å². The number of thioether (sulfide) groups is 1. The minimum atomic E-state index is -1.03. The van der Waals surface area contributed by atoms with Crippen molar-refractivity contribution in [3.8, 4) is 0 Å². The average Bonchev–Trinajstić information content (AvgIpc) is 3.40. The topological polar surface area (TPSA) is 125 Å². The van der Waals surface area contributed by atoms with Crippen molar-refractivity contribution in [3.05, 3.63) is 10.6 Å². The lowest BCUT2D eigenvalue weighted by atomic mass is 9.79. The second-order valence-corrected chi connectivity index (χ2v) is 14.2. The third-order valence-electron chi connectivity index (χ3n) is 9.44. The van der Waals surface area contributed by atoms with Gasteiger partial charge in [0.1, 0.15) is 5.70 Å². The van der Waals surface area contributed by atoms with E-state index in [1.807, 2.05) is 6.92 Å². The lowest BCUT2D eigenvalue weighted by molar-refractivity contribution is -0.163. The fraction of sp³-hybridized carbons (Fsp3) is 0.857. The van der Waals surface area contributed by atoms with Crippen LogP contribution in [0.25, 0.3) is 0 Å². The molecule has 4 fully saturated rings. The van der Waals surface area contributed by atoms with Crippen LogP contribution in [-0.2, 0) is 9.59 Å². The van der Waals surface area contributed by atoms with Gasteiger partial charge < -0.3 is 35.8 Å². The Hall–Kier alpha value is -1.17. The number of carboxylic acids is 1. The van der Waals surface area contributed by atoms with E-state index in [-0.39, 0.29) is 29.0 Å². The molecule has 0 aliphatic carbocycles. The highest BCUT2D eigenvalue weighted by Crippen LogP contribution is 2.52. The van der Waals surface area contributed by atoms with Gasteiger partial charge >= 0.3 is 5.97 Å².